The summed E-state index contributed by atoms with van der Waals surface area (Å²) in [6.45, 7) is 3.56. The van der Waals surface area contributed by atoms with Gasteiger partial charge < -0.3 is 14.4 Å². The van der Waals surface area contributed by atoms with Crippen molar-refractivity contribution in [1.82, 2.24) is 0 Å². The Labute approximate surface area is 200 Å². The van der Waals surface area contributed by atoms with Crippen molar-refractivity contribution in [1.29, 1.82) is 0 Å². The Morgan fingerprint density at radius 2 is 1.68 bits per heavy atom. The number of sulfonamides is 1. The first-order valence-electron chi connectivity index (χ1n) is 11.0. The van der Waals surface area contributed by atoms with Crippen LogP contribution >= 0.6 is 0 Å². The van der Waals surface area contributed by atoms with Gasteiger partial charge in [0.15, 0.2) is 11.5 Å². The normalized spacial score (nSPS) is 15.1. The maximum Gasteiger partial charge on any atom is 0.264 e. The van der Waals surface area contributed by atoms with Gasteiger partial charge in [-0.2, -0.15) is 0 Å². The Hall–Kier alpha value is -3.52. The lowest BCUT2D eigenvalue weighted by atomic mass is 10.1. The van der Waals surface area contributed by atoms with Crippen LogP contribution in [0.5, 0.6) is 11.5 Å². The summed E-state index contributed by atoms with van der Waals surface area (Å²) in [6.07, 6.45) is 0.731. The Morgan fingerprint density at radius 1 is 1.00 bits per heavy atom. The van der Waals surface area contributed by atoms with E-state index in [4.69, 9.17) is 9.47 Å². The number of carbonyl (C=O) groups excluding carboxylic acids is 1. The predicted octanol–water partition coefficient (Wildman–Crippen LogP) is 4.19. The SMILES string of the molecule is COc1ccc(S(=O)(=O)N(CC(=O)N2c3ccccc3CC2C)c2ccc(C)cc2)cc1OC. The molecular weight excluding hydrogens is 452 g/mol. The van der Waals surface area contributed by atoms with Crippen LogP contribution in [0.1, 0.15) is 18.1 Å². The number of fused-ring (bicyclic) bond motifs is 1. The number of amides is 1. The molecule has 3 aromatic rings. The number of para-hydroxylation sites is 1. The second kappa shape index (κ2) is 9.38. The van der Waals surface area contributed by atoms with Gasteiger partial charge in [-0.1, -0.05) is 35.9 Å². The molecule has 1 unspecified atom stereocenters. The predicted molar refractivity (Wildman–Crippen MR) is 132 cm³/mol. The van der Waals surface area contributed by atoms with Crippen molar-refractivity contribution < 1.29 is 22.7 Å². The average Bonchev–Trinajstić information content (AvgIpc) is 3.18. The topological polar surface area (TPSA) is 76.2 Å². The minimum atomic E-state index is -4.09. The van der Waals surface area contributed by atoms with Crippen LogP contribution in [0, 0.1) is 6.92 Å². The summed E-state index contributed by atoms with van der Waals surface area (Å²) in [5, 5.41) is 0. The molecule has 0 N–H and O–H groups in total. The minimum Gasteiger partial charge on any atom is -0.493 e. The van der Waals surface area contributed by atoms with Crippen molar-refractivity contribution in [2.24, 2.45) is 0 Å². The lowest BCUT2D eigenvalue weighted by Gasteiger charge is -2.29. The molecule has 34 heavy (non-hydrogen) atoms. The van der Waals surface area contributed by atoms with Crippen LogP contribution in [0.4, 0.5) is 11.4 Å². The van der Waals surface area contributed by atoms with E-state index in [1.165, 1.54) is 26.4 Å². The van der Waals surface area contributed by atoms with Gasteiger partial charge in [0.05, 0.1) is 24.8 Å². The first kappa shape index (κ1) is 23.6. The molecule has 1 atom stereocenters. The second-order valence-electron chi connectivity index (χ2n) is 8.31. The molecule has 3 aromatic carbocycles. The lowest BCUT2D eigenvalue weighted by molar-refractivity contribution is -0.117. The molecule has 1 aliphatic heterocycles. The molecule has 0 saturated carbocycles. The van der Waals surface area contributed by atoms with Gasteiger partial charge in [0.2, 0.25) is 5.91 Å². The molecule has 8 heteroatoms. The van der Waals surface area contributed by atoms with E-state index in [9.17, 15) is 13.2 Å². The Kier molecular flexibility index (Phi) is 6.52. The number of hydrogen-bond donors (Lipinski definition) is 0. The number of rotatable bonds is 7. The monoisotopic (exact) mass is 480 g/mol. The fraction of sp³-hybridized carbons (Fsp3) is 0.269. The van der Waals surface area contributed by atoms with Gasteiger partial charge in [0.25, 0.3) is 10.0 Å². The maximum absolute atomic E-state index is 13.8. The third-order valence-corrected chi connectivity index (χ3v) is 7.79. The zero-order valence-electron chi connectivity index (χ0n) is 19.7. The second-order valence-corrected chi connectivity index (χ2v) is 10.2. The number of hydrogen-bond acceptors (Lipinski definition) is 5. The van der Waals surface area contributed by atoms with Crippen LogP contribution in [-0.2, 0) is 21.2 Å². The highest BCUT2D eigenvalue weighted by Crippen LogP contribution is 2.34. The smallest absolute Gasteiger partial charge is 0.264 e. The van der Waals surface area contributed by atoms with E-state index in [0.717, 1.165) is 27.5 Å². The van der Waals surface area contributed by atoms with Crippen molar-refractivity contribution in [3.05, 3.63) is 77.9 Å². The van der Waals surface area contributed by atoms with Crippen molar-refractivity contribution in [2.75, 3.05) is 30.0 Å². The summed E-state index contributed by atoms with van der Waals surface area (Å²) in [5.41, 5.74) is 3.30. The highest BCUT2D eigenvalue weighted by Gasteiger charge is 2.35. The molecule has 0 aromatic heterocycles. The number of anilines is 2. The van der Waals surface area contributed by atoms with Gasteiger partial charge in [-0.3, -0.25) is 9.10 Å². The number of nitrogens with zero attached hydrogens (tertiary/aromatic N) is 2. The van der Waals surface area contributed by atoms with E-state index in [0.29, 0.717) is 17.2 Å². The Morgan fingerprint density at radius 3 is 2.35 bits per heavy atom. The van der Waals surface area contributed by atoms with E-state index >= 15 is 0 Å². The average molecular weight is 481 g/mol. The molecule has 1 amide bonds. The van der Waals surface area contributed by atoms with E-state index < -0.39 is 10.0 Å². The van der Waals surface area contributed by atoms with Crippen LogP contribution < -0.4 is 18.7 Å². The van der Waals surface area contributed by atoms with Crippen LogP contribution in [0.3, 0.4) is 0 Å². The van der Waals surface area contributed by atoms with Crippen LogP contribution in [0.15, 0.2) is 71.6 Å². The highest BCUT2D eigenvalue weighted by atomic mass is 32.2. The van der Waals surface area contributed by atoms with Crippen LogP contribution in [0.25, 0.3) is 0 Å². The molecule has 0 fully saturated rings. The van der Waals surface area contributed by atoms with Crippen molar-refractivity contribution >= 4 is 27.3 Å². The molecule has 1 aliphatic rings. The Balaban J connectivity index is 1.75. The van der Waals surface area contributed by atoms with E-state index in [1.807, 2.05) is 50.2 Å². The fourth-order valence-electron chi connectivity index (χ4n) is 4.27. The molecule has 0 spiro atoms. The summed E-state index contributed by atoms with van der Waals surface area (Å²) in [5.74, 6) is 0.421. The third kappa shape index (κ3) is 4.33. The van der Waals surface area contributed by atoms with Crippen molar-refractivity contribution in [2.45, 2.75) is 31.2 Å². The van der Waals surface area contributed by atoms with Gasteiger partial charge in [0, 0.05) is 17.8 Å². The number of benzene rings is 3. The fourth-order valence-corrected chi connectivity index (χ4v) is 5.71. The molecule has 4 rings (SSSR count). The molecule has 0 aliphatic carbocycles. The molecule has 1 heterocycles. The van der Waals surface area contributed by atoms with E-state index in [-0.39, 0.29) is 23.4 Å². The quantitative estimate of drug-likeness (QED) is 0.507. The van der Waals surface area contributed by atoms with Crippen LogP contribution in [-0.4, -0.2) is 41.1 Å². The van der Waals surface area contributed by atoms with Gasteiger partial charge in [-0.15, -0.1) is 0 Å². The molecule has 7 nitrogen and oxygen atoms in total. The molecular formula is C26H28N2O5S. The number of aryl methyl sites for hydroxylation is 1. The third-order valence-electron chi connectivity index (χ3n) is 6.02. The first-order valence-corrected chi connectivity index (χ1v) is 12.4. The summed E-state index contributed by atoms with van der Waals surface area (Å²) in [7, 11) is -1.16. The highest BCUT2D eigenvalue weighted by molar-refractivity contribution is 7.92. The number of methoxy groups -OCH3 is 2. The minimum absolute atomic E-state index is 0.00777. The lowest BCUT2D eigenvalue weighted by Crippen LogP contribution is -2.45. The summed E-state index contributed by atoms with van der Waals surface area (Å²) in [6, 6.07) is 19.1. The number of ether oxygens (including phenoxy) is 2. The summed E-state index contributed by atoms with van der Waals surface area (Å²) >= 11 is 0. The van der Waals surface area contributed by atoms with E-state index in [2.05, 4.69) is 0 Å². The maximum atomic E-state index is 13.8. The first-order chi connectivity index (χ1) is 16.3. The number of carbonyl (C=O) groups is 1. The van der Waals surface area contributed by atoms with Crippen molar-refractivity contribution in [3.8, 4) is 11.5 Å². The Bertz CT molecular complexity index is 1310. The van der Waals surface area contributed by atoms with Gasteiger partial charge in [-0.25, -0.2) is 8.42 Å². The molecule has 0 bridgehead atoms. The molecule has 178 valence electrons. The summed E-state index contributed by atoms with van der Waals surface area (Å²) in [4.78, 5) is 15.2. The standard InChI is InChI=1S/C26H28N2O5S/c1-18-9-11-21(12-10-18)27(34(30,31)22-13-14-24(32-3)25(16-22)33-4)17-26(29)28-19(2)15-20-7-5-6-8-23(20)28/h5-14,16,19H,15,17H2,1-4H3. The van der Waals surface area contributed by atoms with Crippen LogP contribution in [0.2, 0.25) is 0 Å². The zero-order chi connectivity index (χ0) is 24.5. The summed E-state index contributed by atoms with van der Waals surface area (Å²) < 4.78 is 39.4. The largest absolute Gasteiger partial charge is 0.493 e. The van der Waals surface area contributed by atoms with Gasteiger partial charge in [0.1, 0.15) is 6.54 Å². The van der Waals surface area contributed by atoms with Crippen molar-refractivity contribution in [3.63, 3.8) is 0 Å². The van der Waals surface area contributed by atoms with E-state index in [1.54, 1.807) is 23.1 Å². The van der Waals surface area contributed by atoms with Gasteiger partial charge >= 0.3 is 0 Å². The molecule has 0 saturated heterocycles. The molecule has 0 radical (unpaired) electrons. The van der Waals surface area contributed by atoms with Gasteiger partial charge in [-0.05, 0) is 56.2 Å². The zero-order valence-corrected chi connectivity index (χ0v) is 20.5.